The molecule has 2 aliphatic rings. The SMILES string of the molecule is C1=CC(C2CO2)=CCC1.CCC. The summed E-state index contributed by atoms with van der Waals surface area (Å²) in [5.74, 6) is 0. The summed E-state index contributed by atoms with van der Waals surface area (Å²) in [5, 5.41) is 0. The number of hydrogen-bond donors (Lipinski definition) is 0. The highest BCUT2D eigenvalue weighted by Gasteiger charge is 2.25. The molecule has 1 saturated heterocycles. The first kappa shape index (κ1) is 9.53. The topological polar surface area (TPSA) is 12.5 Å². The van der Waals surface area contributed by atoms with Gasteiger partial charge in [-0.3, -0.25) is 0 Å². The minimum Gasteiger partial charge on any atom is -0.368 e. The zero-order chi connectivity index (χ0) is 8.81. The van der Waals surface area contributed by atoms with Crippen LogP contribution < -0.4 is 0 Å². The van der Waals surface area contributed by atoms with Crippen molar-refractivity contribution in [2.24, 2.45) is 0 Å². The lowest BCUT2D eigenvalue weighted by Gasteiger charge is -2.00. The first-order valence-corrected chi connectivity index (χ1v) is 4.86. The van der Waals surface area contributed by atoms with Gasteiger partial charge in [0.15, 0.2) is 0 Å². The van der Waals surface area contributed by atoms with Gasteiger partial charge in [0.2, 0.25) is 0 Å². The maximum absolute atomic E-state index is 5.13. The van der Waals surface area contributed by atoms with E-state index in [9.17, 15) is 0 Å². The minimum atomic E-state index is 0.460. The predicted octanol–water partition coefficient (Wildman–Crippen LogP) is 3.08. The van der Waals surface area contributed by atoms with Crippen LogP contribution in [0.5, 0.6) is 0 Å². The van der Waals surface area contributed by atoms with Crippen molar-refractivity contribution in [1.82, 2.24) is 0 Å². The molecule has 0 amide bonds. The van der Waals surface area contributed by atoms with Gasteiger partial charge in [0.1, 0.15) is 6.10 Å². The van der Waals surface area contributed by atoms with Crippen molar-refractivity contribution in [3.63, 3.8) is 0 Å². The second-order valence-electron chi connectivity index (χ2n) is 3.21. The molecule has 0 radical (unpaired) electrons. The van der Waals surface area contributed by atoms with Crippen LogP contribution in [0.3, 0.4) is 0 Å². The van der Waals surface area contributed by atoms with Gasteiger partial charge in [-0.15, -0.1) is 0 Å². The van der Waals surface area contributed by atoms with Crippen molar-refractivity contribution in [2.45, 2.75) is 39.2 Å². The van der Waals surface area contributed by atoms with Crippen molar-refractivity contribution in [3.05, 3.63) is 23.8 Å². The van der Waals surface area contributed by atoms with Gasteiger partial charge in [-0.25, -0.2) is 0 Å². The first-order valence-electron chi connectivity index (χ1n) is 4.86. The molecule has 1 aliphatic heterocycles. The summed E-state index contributed by atoms with van der Waals surface area (Å²) >= 11 is 0. The van der Waals surface area contributed by atoms with E-state index in [4.69, 9.17) is 4.74 Å². The van der Waals surface area contributed by atoms with E-state index in [0.29, 0.717) is 6.10 Å². The molecule has 1 aliphatic carbocycles. The predicted molar refractivity (Wildman–Crippen MR) is 52.2 cm³/mol. The highest BCUT2D eigenvalue weighted by Crippen LogP contribution is 2.23. The van der Waals surface area contributed by atoms with Crippen LogP contribution in [-0.4, -0.2) is 12.7 Å². The summed E-state index contributed by atoms with van der Waals surface area (Å²) in [4.78, 5) is 0. The molecule has 0 aromatic carbocycles. The maximum atomic E-state index is 5.13. The Balaban J connectivity index is 0.000000213. The van der Waals surface area contributed by atoms with Crippen molar-refractivity contribution < 1.29 is 4.74 Å². The largest absolute Gasteiger partial charge is 0.368 e. The molecule has 0 N–H and O–H groups in total. The van der Waals surface area contributed by atoms with Crippen LogP contribution >= 0.6 is 0 Å². The van der Waals surface area contributed by atoms with Crippen LogP contribution in [0, 0.1) is 0 Å². The van der Waals surface area contributed by atoms with Crippen LogP contribution in [0.4, 0.5) is 0 Å². The monoisotopic (exact) mass is 166 g/mol. The fourth-order valence-corrected chi connectivity index (χ4v) is 1.11. The van der Waals surface area contributed by atoms with Crippen molar-refractivity contribution in [2.75, 3.05) is 6.61 Å². The molecule has 0 spiro atoms. The van der Waals surface area contributed by atoms with E-state index >= 15 is 0 Å². The molecule has 12 heavy (non-hydrogen) atoms. The summed E-state index contributed by atoms with van der Waals surface area (Å²) in [7, 11) is 0. The van der Waals surface area contributed by atoms with E-state index in [1.54, 1.807) is 0 Å². The average Bonchev–Trinajstić information content (AvgIpc) is 2.90. The summed E-state index contributed by atoms with van der Waals surface area (Å²) in [6.45, 7) is 5.19. The van der Waals surface area contributed by atoms with E-state index in [1.165, 1.54) is 24.8 Å². The normalized spacial score (nSPS) is 25.5. The van der Waals surface area contributed by atoms with Crippen molar-refractivity contribution in [1.29, 1.82) is 0 Å². The summed E-state index contributed by atoms with van der Waals surface area (Å²) < 4.78 is 5.13. The molecule has 1 atom stereocenters. The van der Waals surface area contributed by atoms with E-state index in [1.807, 2.05) is 0 Å². The average molecular weight is 166 g/mol. The van der Waals surface area contributed by atoms with E-state index in [2.05, 4.69) is 32.1 Å². The zero-order valence-electron chi connectivity index (χ0n) is 8.05. The molecule has 2 rings (SSSR count). The summed E-state index contributed by atoms with van der Waals surface area (Å²) in [6.07, 6.45) is 10.8. The molecule has 1 nitrogen and oxygen atoms in total. The fraction of sp³-hybridized carbons (Fsp3) is 0.636. The number of allylic oxidation sites excluding steroid dienone is 2. The summed E-state index contributed by atoms with van der Waals surface area (Å²) in [5.41, 5.74) is 1.39. The molecular formula is C11H18O. The lowest BCUT2D eigenvalue weighted by atomic mass is 10.1. The Bertz CT molecular complexity index is 175. The minimum absolute atomic E-state index is 0.460. The van der Waals surface area contributed by atoms with Crippen LogP contribution in [0.1, 0.15) is 33.1 Å². The van der Waals surface area contributed by atoms with Gasteiger partial charge in [0.25, 0.3) is 0 Å². The highest BCUT2D eigenvalue weighted by molar-refractivity contribution is 5.28. The molecule has 68 valence electrons. The van der Waals surface area contributed by atoms with Crippen LogP contribution in [0.15, 0.2) is 23.8 Å². The Kier molecular flexibility index (Phi) is 4.09. The standard InChI is InChI=1S/C8H10O.C3H8/c1-2-4-7(5-3-1)8-6-9-8;1-3-2/h2,4-5,8H,1,3,6H2;3H2,1-2H3. The second-order valence-corrected chi connectivity index (χ2v) is 3.21. The number of ether oxygens (including phenoxy) is 1. The Morgan fingerprint density at radius 2 is 2.08 bits per heavy atom. The third kappa shape index (κ3) is 3.22. The van der Waals surface area contributed by atoms with Gasteiger partial charge >= 0.3 is 0 Å². The Morgan fingerprint density at radius 3 is 2.50 bits per heavy atom. The third-order valence-corrected chi connectivity index (χ3v) is 1.73. The second kappa shape index (κ2) is 5.15. The van der Waals surface area contributed by atoms with Gasteiger partial charge in [0.05, 0.1) is 6.61 Å². The molecular weight excluding hydrogens is 148 g/mol. The van der Waals surface area contributed by atoms with Crippen molar-refractivity contribution in [3.8, 4) is 0 Å². The molecule has 1 heterocycles. The molecule has 0 aromatic heterocycles. The number of epoxide rings is 1. The number of hydrogen-bond acceptors (Lipinski definition) is 1. The van der Waals surface area contributed by atoms with Crippen LogP contribution in [0.2, 0.25) is 0 Å². The Labute approximate surface area is 75.1 Å². The molecule has 1 heteroatoms. The Hall–Kier alpha value is -0.560. The molecule has 0 bridgehead atoms. The smallest absolute Gasteiger partial charge is 0.106 e. The van der Waals surface area contributed by atoms with Gasteiger partial charge in [0, 0.05) is 0 Å². The third-order valence-electron chi connectivity index (χ3n) is 1.73. The molecule has 0 aromatic rings. The lowest BCUT2D eigenvalue weighted by Crippen LogP contribution is -1.91. The first-order chi connectivity index (χ1) is 5.88. The quantitative estimate of drug-likeness (QED) is 0.545. The van der Waals surface area contributed by atoms with Crippen LogP contribution in [-0.2, 0) is 4.74 Å². The number of rotatable bonds is 1. The fourth-order valence-electron chi connectivity index (χ4n) is 1.11. The zero-order valence-corrected chi connectivity index (χ0v) is 8.05. The van der Waals surface area contributed by atoms with Gasteiger partial charge in [-0.05, 0) is 18.4 Å². The van der Waals surface area contributed by atoms with E-state index < -0.39 is 0 Å². The van der Waals surface area contributed by atoms with Crippen molar-refractivity contribution >= 4 is 0 Å². The molecule has 0 saturated carbocycles. The van der Waals surface area contributed by atoms with E-state index in [0.717, 1.165) is 6.61 Å². The lowest BCUT2D eigenvalue weighted by molar-refractivity contribution is 0.434. The molecule has 1 fully saturated rings. The van der Waals surface area contributed by atoms with Gasteiger partial charge in [-0.2, -0.15) is 0 Å². The summed E-state index contributed by atoms with van der Waals surface area (Å²) in [6, 6.07) is 0. The Morgan fingerprint density at radius 1 is 1.42 bits per heavy atom. The molecule has 1 unspecified atom stereocenters. The highest BCUT2D eigenvalue weighted by atomic mass is 16.6. The van der Waals surface area contributed by atoms with E-state index in [-0.39, 0.29) is 0 Å². The van der Waals surface area contributed by atoms with Gasteiger partial charge in [-0.1, -0.05) is 38.5 Å². The van der Waals surface area contributed by atoms with Crippen LogP contribution in [0.25, 0.3) is 0 Å². The maximum Gasteiger partial charge on any atom is 0.106 e. The van der Waals surface area contributed by atoms with Gasteiger partial charge < -0.3 is 4.74 Å².